The molecule has 7 heteroatoms. The van der Waals surface area contributed by atoms with E-state index < -0.39 is 10.0 Å². The van der Waals surface area contributed by atoms with Crippen molar-refractivity contribution in [3.05, 3.63) is 18.3 Å². The minimum Gasteiger partial charge on any atom is -0.386 e. The maximum Gasteiger partial charge on any atom is 0.260 e. The summed E-state index contributed by atoms with van der Waals surface area (Å²) in [4.78, 5) is 6.09. The molecule has 0 amide bonds. The Bertz CT molecular complexity index is 567. The van der Waals surface area contributed by atoms with Gasteiger partial charge in [-0.3, -0.25) is 0 Å². The maximum absolute atomic E-state index is 12.4. The molecule has 1 aromatic rings. The molecule has 6 nitrogen and oxygen atoms in total. The average molecular weight is 298 g/mol. The van der Waals surface area contributed by atoms with Gasteiger partial charge in [-0.05, 0) is 45.5 Å². The molecule has 1 aliphatic rings. The molecule has 1 fully saturated rings. The minimum absolute atomic E-state index is 0.0516. The Morgan fingerprint density at radius 1 is 1.40 bits per heavy atom. The molecule has 0 aromatic carbocycles. The second kappa shape index (κ2) is 5.67. The van der Waals surface area contributed by atoms with E-state index in [9.17, 15) is 8.42 Å². The highest BCUT2D eigenvalue weighted by molar-refractivity contribution is 7.89. The topological polar surface area (TPSA) is 74.3 Å². The van der Waals surface area contributed by atoms with Gasteiger partial charge in [0.15, 0.2) is 5.03 Å². The Balaban J connectivity index is 2.16. The van der Waals surface area contributed by atoms with Gasteiger partial charge in [0, 0.05) is 25.3 Å². The second-order valence-electron chi connectivity index (χ2n) is 5.40. The van der Waals surface area contributed by atoms with Crippen molar-refractivity contribution < 1.29 is 8.42 Å². The van der Waals surface area contributed by atoms with Gasteiger partial charge >= 0.3 is 0 Å². The molecule has 0 unspecified atom stereocenters. The van der Waals surface area contributed by atoms with Crippen molar-refractivity contribution in [1.82, 2.24) is 14.6 Å². The summed E-state index contributed by atoms with van der Waals surface area (Å²) in [7, 11) is 2.07. The van der Waals surface area contributed by atoms with Gasteiger partial charge in [-0.1, -0.05) is 0 Å². The van der Waals surface area contributed by atoms with Crippen molar-refractivity contribution in [2.75, 3.05) is 33.0 Å². The smallest absolute Gasteiger partial charge is 0.260 e. The summed E-state index contributed by atoms with van der Waals surface area (Å²) in [5.41, 5.74) is 0.453. The SMILES string of the molecule is CNc1cccnc1S(=O)(=O)NCC1(N(C)C)CCC1. The summed E-state index contributed by atoms with van der Waals surface area (Å²) in [5.74, 6) is 0. The maximum atomic E-state index is 12.4. The number of aromatic nitrogens is 1. The quantitative estimate of drug-likeness (QED) is 0.816. The number of likely N-dealkylation sites (N-methyl/N-ethyl adjacent to an activating group) is 1. The van der Waals surface area contributed by atoms with E-state index >= 15 is 0 Å². The van der Waals surface area contributed by atoms with Gasteiger partial charge < -0.3 is 10.2 Å². The van der Waals surface area contributed by atoms with Crippen LogP contribution in [0.25, 0.3) is 0 Å². The van der Waals surface area contributed by atoms with Crippen LogP contribution in [-0.2, 0) is 10.0 Å². The lowest BCUT2D eigenvalue weighted by Gasteiger charge is -2.47. The molecule has 0 radical (unpaired) electrons. The number of hydrogen-bond donors (Lipinski definition) is 2. The van der Waals surface area contributed by atoms with Crippen molar-refractivity contribution in [2.45, 2.75) is 29.8 Å². The van der Waals surface area contributed by atoms with Crippen LogP contribution in [0.3, 0.4) is 0 Å². The highest BCUT2D eigenvalue weighted by atomic mass is 32.2. The summed E-state index contributed by atoms with van der Waals surface area (Å²) < 4.78 is 27.5. The van der Waals surface area contributed by atoms with Crippen LogP contribution in [0.2, 0.25) is 0 Å². The Morgan fingerprint density at radius 2 is 2.10 bits per heavy atom. The lowest BCUT2D eigenvalue weighted by molar-refractivity contribution is 0.0656. The summed E-state index contributed by atoms with van der Waals surface area (Å²) in [5, 5.41) is 2.91. The molecule has 20 heavy (non-hydrogen) atoms. The van der Waals surface area contributed by atoms with Gasteiger partial charge in [0.1, 0.15) is 0 Å². The largest absolute Gasteiger partial charge is 0.386 e. The first-order valence-corrected chi connectivity index (χ1v) is 8.19. The van der Waals surface area contributed by atoms with E-state index in [0.717, 1.165) is 19.3 Å². The molecule has 2 N–H and O–H groups in total. The molecular weight excluding hydrogens is 276 g/mol. The third kappa shape index (κ3) is 2.79. The first kappa shape index (κ1) is 15.2. The lowest BCUT2D eigenvalue weighted by atomic mass is 9.76. The number of nitrogens with zero attached hydrogens (tertiary/aromatic N) is 2. The van der Waals surface area contributed by atoms with Gasteiger partial charge in [-0.25, -0.2) is 18.1 Å². The molecule has 0 saturated heterocycles. The fourth-order valence-corrected chi connectivity index (χ4v) is 3.71. The van der Waals surface area contributed by atoms with E-state index in [1.54, 1.807) is 19.2 Å². The van der Waals surface area contributed by atoms with Crippen LogP contribution in [0.1, 0.15) is 19.3 Å². The van der Waals surface area contributed by atoms with Crippen molar-refractivity contribution in [3.8, 4) is 0 Å². The standard InChI is InChI=1S/C13H22N4O2S/c1-14-11-6-4-9-15-12(11)20(18,19)16-10-13(17(2)3)7-5-8-13/h4,6,9,14,16H,5,7-8,10H2,1-3H3. The van der Waals surface area contributed by atoms with E-state index in [4.69, 9.17) is 0 Å². The van der Waals surface area contributed by atoms with Gasteiger partial charge in [-0.15, -0.1) is 0 Å². The molecular formula is C13H22N4O2S. The number of sulfonamides is 1. The number of rotatable bonds is 6. The molecule has 1 aromatic heterocycles. The van der Waals surface area contributed by atoms with E-state index in [1.807, 2.05) is 14.1 Å². The Hall–Kier alpha value is -1.18. The van der Waals surface area contributed by atoms with Crippen LogP contribution in [0.5, 0.6) is 0 Å². The molecule has 1 saturated carbocycles. The summed E-state index contributed by atoms with van der Waals surface area (Å²) in [6, 6.07) is 3.41. The van der Waals surface area contributed by atoms with Crippen LogP contribution in [0.15, 0.2) is 23.4 Å². The number of nitrogens with one attached hydrogen (secondary N) is 2. The first-order chi connectivity index (χ1) is 9.41. The zero-order valence-corrected chi connectivity index (χ0v) is 13.0. The van der Waals surface area contributed by atoms with Gasteiger partial charge in [0.25, 0.3) is 10.0 Å². The Labute approximate surface area is 120 Å². The van der Waals surface area contributed by atoms with Crippen LogP contribution in [-0.4, -0.2) is 51.5 Å². The molecule has 0 atom stereocenters. The Kier molecular flexibility index (Phi) is 4.31. The number of hydrogen-bond acceptors (Lipinski definition) is 5. The second-order valence-corrected chi connectivity index (χ2v) is 7.09. The van der Waals surface area contributed by atoms with Crippen LogP contribution < -0.4 is 10.0 Å². The van der Waals surface area contributed by atoms with Crippen molar-refractivity contribution in [1.29, 1.82) is 0 Å². The van der Waals surface area contributed by atoms with Crippen molar-refractivity contribution >= 4 is 15.7 Å². The fraction of sp³-hybridized carbons (Fsp3) is 0.615. The molecule has 0 spiro atoms. The average Bonchev–Trinajstić information content (AvgIpc) is 2.37. The third-order valence-electron chi connectivity index (χ3n) is 4.12. The molecule has 1 heterocycles. The molecule has 1 aliphatic carbocycles. The minimum atomic E-state index is -3.60. The fourth-order valence-electron chi connectivity index (χ4n) is 2.46. The van der Waals surface area contributed by atoms with E-state index in [1.165, 1.54) is 6.20 Å². The molecule has 0 aliphatic heterocycles. The predicted octanol–water partition coefficient (Wildman–Crippen LogP) is 0.886. The number of anilines is 1. The van der Waals surface area contributed by atoms with Crippen molar-refractivity contribution in [3.63, 3.8) is 0 Å². The zero-order chi connectivity index (χ0) is 14.8. The van der Waals surface area contributed by atoms with Crippen LogP contribution in [0, 0.1) is 0 Å². The van der Waals surface area contributed by atoms with E-state index in [-0.39, 0.29) is 10.6 Å². The Morgan fingerprint density at radius 3 is 2.60 bits per heavy atom. The molecule has 112 valence electrons. The highest BCUT2D eigenvalue weighted by Crippen LogP contribution is 2.35. The van der Waals surface area contributed by atoms with Crippen LogP contribution in [0.4, 0.5) is 5.69 Å². The number of pyridine rings is 1. The normalized spacial score (nSPS) is 17.8. The molecule has 0 bridgehead atoms. The zero-order valence-electron chi connectivity index (χ0n) is 12.2. The van der Waals surface area contributed by atoms with Gasteiger partial charge in [-0.2, -0.15) is 0 Å². The van der Waals surface area contributed by atoms with E-state index in [2.05, 4.69) is 19.9 Å². The summed E-state index contributed by atoms with van der Waals surface area (Å²) >= 11 is 0. The first-order valence-electron chi connectivity index (χ1n) is 6.71. The monoisotopic (exact) mass is 298 g/mol. The summed E-state index contributed by atoms with van der Waals surface area (Å²) in [6.07, 6.45) is 4.67. The van der Waals surface area contributed by atoms with Crippen molar-refractivity contribution in [2.24, 2.45) is 0 Å². The van der Waals surface area contributed by atoms with Crippen LogP contribution >= 0.6 is 0 Å². The predicted molar refractivity (Wildman–Crippen MR) is 79.2 cm³/mol. The summed E-state index contributed by atoms with van der Waals surface area (Å²) in [6.45, 7) is 0.419. The van der Waals surface area contributed by atoms with E-state index in [0.29, 0.717) is 12.2 Å². The molecule has 2 rings (SSSR count). The lowest BCUT2D eigenvalue weighted by Crippen LogP contribution is -2.57. The van der Waals surface area contributed by atoms with Gasteiger partial charge in [0.2, 0.25) is 0 Å². The highest BCUT2D eigenvalue weighted by Gasteiger charge is 2.40. The van der Waals surface area contributed by atoms with Gasteiger partial charge in [0.05, 0.1) is 5.69 Å². The third-order valence-corrected chi connectivity index (χ3v) is 5.48.